The van der Waals surface area contributed by atoms with Crippen molar-refractivity contribution in [2.45, 2.75) is 26.3 Å². The van der Waals surface area contributed by atoms with E-state index in [1.807, 2.05) is 0 Å². The van der Waals surface area contributed by atoms with Crippen LogP contribution >= 0.6 is 0 Å². The van der Waals surface area contributed by atoms with Gasteiger partial charge < -0.3 is 10.1 Å². The molecule has 104 valence electrons. The lowest BCUT2D eigenvalue weighted by Gasteiger charge is -2.08. The third-order valence-electron chi connectivity index (χ3n) is 3.92. The lowest BCUT2D eigenvalue weighted by Crippen LogP contribution is -2.17. The van der Waals surface area contributed by atoms with Gasteiger partial charge in [-0.05, 0) is 48.2 Å². The molecule has 0 saturated heterocycles. The fraction of sp³-hybridized carbons (Fsp3) is 0.333. The van der Waals surface area contributed by atoms with Crippen LogP contribution in [0.15, 0.2) is 42.5 Å². The molecule has 0 bridgehead atoms. The van der Waals surface area contributed by atoms with E-state index in [9.17, 15) is 0 Å². The number of hydrogen-bond acceptors (Lipinski definition) is 2. The summed E-state index contributed by atoms with van der Waals surface area (Å²) >= 11 is 0. The van der Waals surface area contributed by atoms with Crippen LogP contribution in [0.3, 0.4) is 0 Å². The van der Waals surface area contributed by atoms with E-state index >= 15 is 0 Å². The first-order valence-electron chi connectivity index (χ1n) is 7.33. The molecule has 1 aliphatic heterocycles. The van der Waals surface area contributed by atoms with Gasteiger partial charge in [0.15, 0.2) is 0 Å². The van der Waals surface area contributed by atoms with Crippen LogP contribution in [0.2, 0.25) is 0 Å². The molecule has 0 amide bonds. The Hall–Kier alpha value is -1.80. The fourth-order valence-electron chi connectivity index (χ4n) is 2.66. The van der Waals surface area contributed by atoms with Gasteiger partial charge in [-0.15, -0.1) is 0 Å². The summed E-state index contributed by atoms with van der Waals surface area (Å²) in [6.07, 6.45) is 2.12. The summed E-state index contributed by atoms with van der Waals surface area (Å²) in [7, 11) is 0. The van der Waals surface area contributed by atoms with Crippen molar-refractivity contribution in [3.05, 3.63) is 64.7 Å². The van der Waals surface area contributed by atoms with Crippen LogP contribution in [-0.2, 0) is 19.4 Å². The molecule has 0 saturated carbocycles. The molecule has 0 unspecified atom stereocenters. The number of hydrogen-bond donors (Lipinski definition) is 1. The van der Waals surface area contributed by atoms with Gasteiger partial charge in [-0.3, -0.25) is 0 Å². The van der Waals surface area contributed by atoms with E-state index in [4.69, 9.17) is 4.74 Å². The summed E-state index contributed by atoms with van der Waals surface area (Å²) in [4.78, 5) is 0. The molecular weight excluding hydrogens is 246 g/mol. The van der Waals surface area contributed by atoms with Crippen LogP contribution in [0.1, 0.15) is 22.3 Å². The summed E-state index contributed by atoms with van der Waals surface area (Å²) in [5.74, 6) is 1.07. The maximum absolute atomic E-state index is 5.53. The third-order valence-corrected chi connectivity index (χ3v) is 3.92. The van der Waals surface area contributed by atoms with Crippen LogP contribution in [0, 0.1) is 6.92 Å². The monoisotopic (exact) mass is 267 g/mol. The molecule has 2 aromatic rings. The minimum Gasteiger partial charge on any atom is -0.493 e. The lowest BCUT2D eigenvalue weighted by atomic mass is 10.1. The second-order valence-electron chi connectivity index (χ2n) is 5.39. The van der Waals surface area contributed by atoms with Gasteiger partial charge >= 0.3 is 0 Å². The van der Waals surface area contributed by atoms with Crippen LogP contribution < -0.4 is 10.1 Å². The molecule has 0 fully saturated rings. The molecule has 0 aliphatic carbocycles. The maximum atomic E-state index is 5.53. The Morgan fingerprint density at radius 2 is 2.05 bits per heavy atom. The molecule has 2 heteroatoms. The zero-order valence-electron chi connectivity index (χ0n) is 12.0. The SMILES string of the molecule is Cc1ccccc1CNCCc1ccc2c(c1)CCO2. The molecule has 1 aliphatic rings. The predicted molar refractivity (Wildman–Crippen MR) is 82.2 cm³/mol. The lowest BCUT2D eigenvalue weighted by molar-refractivity contribution is 0.357. The van der Waals surface area contributed by atoms with Gasteiger partial charge in [0, 0.05) is 13.0 Å². The van der Waals surface area contributed by atoms with Crippen molar-refractivity contribution in [2.24, 2.45) is 0 Å². The molecule has 0 aromatic heterocycles. The number of nitrogens with one attached hydrogen (secondary N) is 1. The maximum Gasteiger partial charge on any atom is 0.122 e. The number of fused-ring (bicyclic) bond motifs is 1. The summed E-state index contributed by atoms with van der Waals surface area (Å²) in [6, 6.07) is 15.1. The fourth-order valence-corrected chi connectivity index (χ4v) is 2.66. The van der Waals surface area contributed by atoms with E-state index < -0.39 is 0 Å². The summed E-state index contributed by atoms with van der Waals surface area (Å²) in [5.41, 5.74) is 5.50. The standard InChI is InChI=1S/C18H21NO/c1-14-4-2-3-5-17(14)13-19-10-8-15-6-7-18-16(12-15)9-11-20-18/h2-7,12,19H,8-11,13H2,1H3. The summed E-state index contributed by atoms with van der Waals surface area (Å²) in [6.45, 7) is 4.95. The van der Waals surface area contributed by atoms with E-state index in [1.165, 1.54) is 22.3 Å². The van der Waals surface area contributed by atoms with Crippen molar-refractivity contribution in [1.29, 1.82) is 0 Å². The summed E-state index contributed by atoms with van der Waals surface area (Å²) < 4.78 is 5.53. The molecular formula is C18H21NO. The van der Waals surface area contributed by atoms with Gasteiger partial charge in [0.25, 0.3) is 0 Å². The molecule has 1 heterocycles. The Balaban J connectivity index is 1.49. The third kappa shape index (κ3) is 3.02. The van der Waals surface area contributed by atoms with Crippen LogP contribution in [0.5, 0.6) is 5.75 Å². The van der Waals surface area contributed by atoms with Gasteiger partial charge in [0.1, 0.15) is 5.75 Å². The predicted octanol–water partition coefficient (Wildman–Crippen LogP) is 3.26. The molecule has 2 aromatic carbocycles. The van der Waals surface area contributed by atoms with Crippen molar-refractivity contribution in [1.82, 2.24) is 5.32 Å². The Morgan fingerprint density at radius 1 is 1.15 bits per heavy atom. The normalized spacial score (nSPS) is 13.1. The van der Waals surface area contributed by atoms with E-state index in [0.29, 0.717) is 0 Å². The summed E-state index contributed by atoms with van der Waals surface area (Å²) in [5, 5.41) is 3.53. The molecule has 20 heavy (non-hydrogen) atoms. The van der Waals surface area contributed by atoms with E-state index in [-0.39, 0.29) is 0 Å². The first-order valence-corrected chi connectivity index (χ1v) is 7.33. The van der Waals surface area contributed by atoms with Crippen molar-refractivity contribution < 1.29 is 4.74 Å². The second-order valence-corrected chi connectivity index (χ2v) is 5.39. The zero-order valence-corrected chi connectivity index (χ0v) is 12.0. The largest absolute Gasteiger partial charge is 0.493 e. The second kappa shape index (κ2) is 6.10. The molecule has 1 N–H and O–H groups in total. The van der Waals surface area contributed by atoms with Crippen LogP contribution in [0.25, 0.3) is 0 Å². The Bertz CT molecular complexity index is 592. The Morgan fingerprint density at radius 3 is 2.95 bits per heavy atom. The Labute approximate surface area is 120 Å². The van der Waals surface area contributed by atoms with Gasteiger partial charge in [0.05, 0.1) is 6.61 Å². The molecule has 0 radical (unpaired) electrons. The number of rotatable bonds is 5. The average molecular weight is 267 g/mol. The number of aryl methyl sites for hydroxylation is 1. The van der Waals surface area contributed by atoms with E-state index in [1.54, 1.807) is 0 Å². The molecule has 0 spiro atoms. The molecule has 2 nitrogen and oxygen atoms in total. The molecule has 0 atom stereocenters. The van der Waals surface area contributed by atoms with Crippen molar-refractivity contribution in [2.75, 3.05) is 13.2 Å². The highest BCUT2D eigenvalue weighted by atomic mass is 16.5. The van der Waals surface area contributed by atoms with Crippen LogP contribution in [0.4, 0.5) is 0 Å². The van der Waals surface area contributed by atoms with Crippen molar-refractivity contribution >= 4 is 0 Å². The van der Waals surface area contributed by atoms with E-state index in [2.05, 4.69) is 54.7 Å². The highest BCUT2D eigenvalue weighted by Crippen LogP contribution is 2.25. The highest BCUT2D eigenvalue weighted by Gasteiger charge is 2.11. The van der Waals surface area contributed by atoms with Crippen molar-refractivity contribution in [3.8, 4) is 5.75 Å². The minimum atomic E-state index is 0.838. The van der Waals surface area contributed by atoms with Crippen LogP contribution in [-0.4, -0.2) is 13.2 Å². The first-order chi connectivity index (χ1) is 9.83. The van der Waals surface area contributed by atoms with Gasteiger partial charge in [-0.2, -0.15) is 0 Å². The minimum absolute atomic E-state index is 0.838. The van der Waals surface area contributed by atoms with Crippen molar-refractivity contribution in [3.63, 3.8) is 0 Å². The smallest absolute Gasteiger partial charge is 0.122 e. The zero-order chi connectivity index (χ0) is 13.8. The van der Waals surface area contributed by atoms with Gasteiger partial charge in [-0.25, -0.2) is 0 Å². The van der Waals surface area contributed by atoms with Gasteiger partial charge in [0.2, 0.25) is 0 Å². The number of ether oxygens (including phenoxy) is 1. The quantitative estimate of drug-likeness (QED) is 0.840. The van der Waals surface area contributed by atoms with Gasteiger partial charge in [-0.1, -0.05) is 36.4 Å². The average Bonchev–Trinajstić information content (AvgIpc) is 2.93. The van der Waals surface area contributed by atoms with E-state index in [0.717, 1.165) is 38.3 Å². The highest BCUT2D eigenvalue weighted by molar-refractivity contribution is 5.39. The number of benzene rings is 2. The first kappa shape index (κ1) is 13.2. The Kier molecular flexibility index (Phi) is 4.03. The topological polar surface area (TPSA) is 21.3 Å². The molecule has 3 rings (SSSR count).